The monoisotopic (exact) mass is 234 g/mol. The van der Waals surface area contributed by atoms with Crippen LogP contribution in [0.2, 0.25) is 5.02 Å². The van der Waals surface area contributed by atoms with Crippen molar-refractivity contribution in [2.24, 2.45) is 0 Å². The van der Waals surface area contributed by atoms with E-state index in [-0.39, 0.29) is 6.61 Å². The number of aryl methyl sites for hydroxylation is 1. The van der Waals surface area contributed by atoms with Gasteiger partial charge in [-0.2, -0.15) is 8.42 Å². The smallest absolute Gasteiger partial charge is 0.264 e. The summed E-state index contributed by atoms with van der Waals surface area (Å²) in [4.78, 5) is 0. The summed E-state index contributed by atoms with van der Waals surface area (Å²) < 4.78 is 26.1. The normalized spacial score (nSPS) is 11.6. The number of rotatable bonds is 3. The maximum absolute atomic E-state index is 10.7. The Kier molecular flexibility index (Phi) is 3.53. The highest BCUT2D eigenvalue weighted by Crippen LogP contribution is 2.15. The first kappa shape index (κ1) is 11.5. The minimum absolute atomic E-state index is 0.0280. The maximum atomic E-state index is 10.7. The summed E-state index contributed by atoms with van der Waals surface area (Å²) in [6.45, 7) is 1.91. The first-order chi connectivity index (χ1) is 6.37. The minimum atomic E-state index is -3.39. The Bertz CT molecular complexity index is 405. The van der Waals surface area contributed by atoms with Gasteiger partial charge in [-0.25, -0.2) is 0 Å². The number of hydrogen-bond acceptors (Lipinski definition) is 3. The molecular formula is C9H11ClO3S. The van der Waals surface area contributed by atoms with E-state index in [4.69, 9.17) is 11.6 Å². The molecule has 5 heteroatoms. The van der Waals surface area contributed by atoms with Gasteiger partial charge in [0.25, 0.3) is 10.1 Å². The molecule has 0 amide bonds. The van der Waals surface area contributed by atoms with E-state index in [0.717, 1.165) is 17.4 Å². The van der Waals surface area contributed by atoms with Crippen molar-refractivity contribution in [2.45, 2.75) is 13.5 Å². The van der Waals surface area contributed by atoms with Crippen LogP contribution in [0, 0.1) is 6.92 Å². The summed E-state index contributed by atoms with van der Waals surface area (Å²) in [5.41, 5.74) is 1.73. The number of hydrogen-bond donors (Lipinski definition) is 0. The first-order valence-corrected chi connectivity index (χ1v) is 6.17. The Morgan fingerprint density at radius 3 is 2.50 bits per heavy atom. The van der Waals surface area contributed by atoms with Crippen molar-refractivity contribution in [3.63, 3.8) is 0 Å². The summed E-state index contributed by atoms with van der Waals surface area (Å²) in [5.74, 6) is 0. The molecule has 0 spiro atoms. The van der Waals surface area contributed by atoms with E-state index in [1.54, 1.807) is 12.1 Å². The van der Waals surface area contributed by atoms with E-state index < -0.39 is 10.1 Å². The fourth-order valence-corrected chi connectivity index (χ4v) is 1.73. The molecule has 0 atom stereocenters. The molecule has 0 unspecified atom stereocenters. The quantitative estimate of drug-likeness (QED) is 0.753. The van der Waals surface area contributed by atoms with Crippen LogP contribution in [-0.2, 0) is 20.9 Å². The van der Waals surface area contributed by atoms with Crippen molar-refractivity contribution in [3.8, 4) is 0 Å². The van der Waals surface area contributed by atoms with Gasteiger partial charge in [0.1, 0.15) is 0 Å². The molecule has 0 saturated carbocycles. The maximum Gasteiger partial charge on any atom is 0.264 e. The Balaban J connectivity index is 2.78. The lowest BCUT2D eigenvalue weighted by Gasteiger charge is -2.03. The Hall–Kier alpha value is -0.580. The lowest BCUT2D eigenvalue weighted by molar-refractivity contribution is 0.311. The molecule has 1 rings (SSSR count). The van der Waals surface area contributed by atoms with Crippen LogP contribution in [0.1, 0.15) is 11.1 Å². The minimum Gasteiger partial charge on any atom is -0.265 e. The second-order valence-corrected chi connectivity index (χ2v) is 5.18. The molecule has 0 bridgehead atoms. The Labute approximate surface area is 88.8 Å². The molecule has 78 valence electrons. The van der Waals surface area contributed by atoms with Gasteiger partial charge in [-0.1, -0.05) is 17.7 Å². The number of halogens is 1. The zero-order valence-electron chi connectivity index (χ0n) is 7.95. The van der Waals surface area contributed by atoms with Gasteiger partial charge in [0.15, 0.2) is 0 Å². The topological polar surface area (TPSA) is 43.4 Å². The fraction of sp³-hybridized carbons (Fsp3) is 0.333. The molecular weight excluding hydrogens is 224 g/mol. The van der Waals surface area contributed by atoms with E-state index in [0.29, 0.717) is 5.02 Å². The number of benzene rings is 1. The predicted octanol–water partition coefficient (Wildman–Crippen LogP) is 2.12. The summed E-state index contributed by atoms with van der Waals surface area (Å²) in [6, 6.07) is 5.31. The third kappa shape index (κ3) is 4.09. The molecule has 0 radical (unpaired) electrons. The second-order valence-electron chi connectivity index (χ2n) is 3.10. The molecule has 0 aromatic heterocycles. The molecule has 0 heterocycles. The van der Waals surface area contributed by atoms with Crippen molar-refractivity contribution in [1.82, 2.24) is 0 Å². The van der Waals surface area contributed by atoms with Crippen LogP contribution in [0.5, 0.6) is 0 Å². The SMILES string of the molecule is Cc1cc(Cl)cc(COS(C)(=O)=O)c1. The summed E-state index contributed by atoms with van der Waals surface area (Å²) in [7, 11) is -3.39. The van der Waals surface area contributed by atoms with Gasteiger partial charge in [-0.05, 0) is 30.2 Å². The average molecular weight is 235 g/mol. The van der Waals surface area contributed by atoms with Gasteiger partial charge in [-0.15, -0.1) is 0 Å². The van der Waals surface area contributed by atoms with Gasteiger partial charge in [0, 0.05) is 5.02 Å². The predicted molar refractivity (Wildman–Crippen MR) is 55.8 cm³/mol. The molecule has 1 aromatic rings. The molecule has 0 aliphatic heterocycles. The lowest BCUT2D eigenvalue weighted by atomic mass is 10.1. The summed E-state index contributed by atoms with van der Waals surface area (Å²) in [5, 5.41) is 0.581. The summed E-state index contributed by atoms with van der Waals surface area (Å²) >= 11 is 5.80. The van der Waals surface area contributed by atoms with Gasteiger partial charge >= 0.3 is 0 Å². The van der Waals surface area contributed by atoms with Crippen LogP contribution >= 0.6 is 11.6 Å². The molecule has 1 aromatic carbocycles. The third-order valence-electron chi connectivity index (χ3n) is 1.54. The second kappa shape index (κ2) is 4.29. The molecule has 3 nitrogen and oxygen atoms in total. The standard InChI is InChI=1S/C9H11ClO3S/c1-7-3-8(5-9(10)4-7)6-13-14(2,11)12/h3-5H,6H2,1-2H3. The van der Waals surface area contributed by atoms with Crippen molar-refractivity contribution in [3.05, 3.63) is 34.3 Å². The van der Waals surface area contributed by atoms with Crippen molar-refractivity contribution >= 4 is 21.7 Å². The highest BCUT2D eigenvalue weighted by molar-refractivity contribution is 7.85. The average Bonchev–Trinajstić information content (AvgIpc) is 1.97. The molecule has 0 saturated heterocycles. The van der Waals surface area contributed by atoms with Crippen molar-refractivity contribution < 1.29 is 12.6 Å². The Morgan fingerprint density at radius 1 is 1.36 bits per heavy atom. The van der Waals surface area contributed by atoms with E-state index >= 15 is 0 Å². The van der Waals surface area contributed by atoms with Crippen LogP contribution in [0.25, 0.3) is 0 Å². The molecule has 0 aliphatic rings. The van der Waals surface area contributed by atoms with Crippen LogP contribution in [-0.4, -0.2) is 14.7 Å². The van der Waals surface area contributed by atoms with Crippen LogP contribution in [0.3, 0.4) is 0 Å². The highest BCUT2D eigenvalue weighted by atomic mass is 35.5. The zero-order chi connectivity index (χ0) is 10.8. The van der Waals surface area contributed by atoms with Gasteiger partial charge in [0.05, 0.1) is 12.9 Å². The van der Waals surface area contributed by atoms with Crippen molar-refractivity contribution in [2.75, 3.05) is 6.26 Å². The largest absolute Gasteiger partial charge is 0.265 e. The molecule has 0 fully saturated rings. The summed E-state index contributed by atoms with van der Waals surface area (Å²) in [6.07, 6.45) is 1.02. The van der Waals surface area contributed by atoms with E-state index in [1.807, 2.05) is 13.0 Å². The van der Waals surface area contributed by atoms with Crippen LogP contribution in [0.4, 0.5) is 0 Å². The van der Waals surface area contributed by atoms with Crippen LogP contribution < -0.4 is 0 Å². The molecule has 0 aliphatic carbocycles. The van der Waals surface area contributed by atoms with Crippen LogP contribution in [0.15, 0.2) is 18.2 Å². The molecule has 0 N–H and O–H groups in total. The fourth-order valence-electron chi connectivity index (χ4n) is 1.07. The van der Waals surface area contributed by atoms with E-state index in [9.17, 15) is 8.42 Å². The highest BCUT2D eigenvalue weighted by Gasteiger charge is 2.03. The first-order valence-electron chi connectivity index (χ1n) is 3.97. The van der Waals surface area contributed by atoms with E-state index in [1.165, 1.54) is 0 Å². The zero-order valence-corrected chi connectivity index (χ0v) is 9.52. The lowest BCUT2D eigenvalue weighted by Crippen LogP contribution is -2.02. The van der Waals surface area contributed by atoms with Gasteiger partial charge < -0.3 is 0 Å². The third-order valence-corrected chi connectivity index (χ3v) is 2.31. The van der Waals surface area contributed by atoms with Gasteiger partial charge in [0.2, 0.25) is 0 Å². The Morgan fingerprint density at radius 2 is 2.00 bits per heavy atom. The molecule has 14 heavy (non-hydrogen) atoms. The van der Waals surface area contributed by atoms with Gasteiger partial charge in [-0.3, -0.25) is 4.18 Å². The van der Waals surface area contributed by atoms with E-state index in [2.05, 4.69) is 4.18 Å². The van der Waals surface area contributed by atoms with Crippen molar-refractivity contribution in [1.29, 1.82) is 0 Å².